The first-order valence-electron chi connectivity index (χ1n) is 10.8. The van der Waals surface area contributed by atoms with Gasteiger partial charge in [-0.15, -0.1) is 0 Å². The highest BCUT2D eigenvalue weighted by molar-refractivity contribution is 5.79. The van der Waals surface area contributed by atoms with E-state index in [9.17, 15) is 9.59 Å². The largest absolute Gasteiger partial charge is 0.382 e. The number of benzene rings is 1. The van der Waals surface area contributed by atoms with E-state index in [-0.39, 0.29) is 23.8 Å². The van der Waals surface area contributed by atoms with Gasteiger partial charge in [0.2, 0.25) is 11.8 Å². The fraction of sp³-hybridized carbons (Fsp3) is 0.652. The second-order valence-corrected chi connectivity index (χ2v) is 8.02. The lowest BCUT2D eigenvalue weighted by Gasteiger charge is -2.31. The van der Waals surface area contributed by atoms with Crippen molar-refractivity contribution in [1.82, 2.24) is 15.5 Å². The summed E-state index contributed by atoms with van der Waals surface area (Å²) in [5.41, 5.74) is 3.62. The lowest BCUT2D eigenvalue weighted by Crippen LogP contribution is -2.45. The third-order valence-corrected chi connectivity index (χ3v) is 5.70. The molecule has 0 saturated carbocycles. The van der Waals surface area contributed by atoms with Crippen LogP contribution in [0, 0.1) is 19.8 Å². The molecule has 1 saturated heterocycles. The van der Waals surface area contributed by atoms with E-state index in [4.69, 9.17) is 4.74 Å². The molecule has 1 fully saturated rings. The molecule has 0 aliphatic carbocycles. The molecule has 6 heteroatoms. The van der Waals surface area contributed by atoms with Crippen molar-refractivity contribution < 1.29 is 14.3 Å². The Bertz CT molecular complexity index is 669. The molecular formula is C23H37N3O3. The van der Waals surface area contributed by atoms with Gasteiger partial charge in [0.1, 0.15) is 0 Å². The van der Waals surface area contributed by atoms with Crippen LogP contribution in [0.15, 0.2) is 18.2 Å². The monoisotopic (exact) mass is 403 g/mol. The first-order valence-corrected chi connectivity index (χ1v) is 10.8. The summed E-state index contributed by atoms with van der Waals surface area (Å²) in [5, 5.41) is 6.10. The van der Waals surface area contributed by atoms with E-state index in [1.54, 1.807) is 0 Å². The van der Waals surface area contributed by atoms with Gasteiger partial charge in [0, 0.05) is 25.7 Å². The van der Waals surface area contributed by atoms with E-state index in [1.807, 2.05) is 13.8 Å². The molecule has 29 heavy (non-hydrogen) atoms. The van der Waals surface area contributed by atoms with Gasteiger partial charge in [-0.25, -0.2) is 0 Å². The number of piperidine rings is 1. The molecule has 1 aromatic rings. The summed E-state index contributed by atoms with van der Waals surface area (Å²) in [6.45, 7) is 12.2. The van der Waals surface area contributed by atoms with Gasteiger partial charge < -0.3 is 15.4 Å². The van der Waals surface area contributed by atoms with Gasteiger partial charge in [-0.2, -0.15) is 0 Å². The van der Waals surface area contributed by atoms with Gasteiger partial charge in [0.05, 0.1) is 12.6 Å². The molecule has 6 nitrogen and oxygen atoms in total. The molecule has 1 aliphatic heterocycles. The number of carbonyl (C=O) groups is 2. The van der Waals surface area contributed by atoms with Crippen molar-refractivity contribution in [2.24, 2.45) is 5.92 Å². The van der Waals surface area contributed by atoms with Crippen LogP contribution in [0.5, 0.6) is 0 Å². The number of nitrogens with zero attached hydrogens (tertiary/aromatic N) is 1. The fourth-order valence-corrected chi connectivity index (χ4v) is 3.64. The van der Waals surface area contributed by atoms with Crippen molar-refractivity contribution in [2.75, 3.05) is 39.4 Å². The smallest absolute Gasteiger partial charge is 0.234 e. The molecule has 1 atom stereocenters. The topological polar surface area (TPSA) is 70.7 Å². The highest BCUT2D eigenvalue weighted by atomic mass is 16.5. The zero-order chi connectivity index (χ0) is 21.2. The van der Waals surface area contributed by atoms with Crippen molar-refractivity contribution in [3.05, 3.63) is 34.9 Å². The minimum absolute atomic E-state index is 0.0122. The lowest BCUT2D eigenvalue weighted by atomic mass is 9.96. The zero-order valence-electron chi connectivity index (χ0n) is 18.4. The number of ether oxygens (including phenoxy) is 1. The van der Waals surface area contributed by atoms with Gasteiger partial charge >= 0.3 is 0 Å². The zero-order valence-corrected chi connectivity index (χ0v) is 18.4. The van der Waals surface area contributed by atoms with Crippen LogP contribution >= 0.6 is 0 Å². The van der Waals surface area contributed by atoms with Crippen LogP contribution in [-0.2, 0) is 14.3 Å². The Labute approximate surface area is 175 Å². The Balaban J connectivity index is 1.68. The molecule has 2 rings (SSSR count). The molecule has 162 valence electrons. The average Bonchev–Trinajstić information content (AvgIpc) is 2.70. The van der Waals surface area contributed by atoms with Crippen molar-refractivity contribution in [3.8, 4) is 0 Å². The van der Waals surface area contributed by atoms with Gasteiger partial charge in [-0.3, -0.25) is 14.5 Å². The maximum atomic E-state index is 12.4. The predicted molar refractivity (Wildman–Crippen MR) is 116 cm³/mol. The van der Waals surface area contributed by atoms with E-state index in [0.717, 1.165) is 37.9 Å². The molecule has 0 bridgehead atoms. The molecule has 1 unspecified atom stereocenters. The highest BCUT2D eigenvalue weighted by Crippen LogP contribution is 2.18. The maximum absolute atomic E-state index is 12.4. The van der Waals surface area contributed by atoms with Gasteiger partial charge in [0.15, 0.2) is 0 Å². The number of likely N-dealkylation sites (tertiary alicyclic amines) is 1. The van der Waals surface area contributed by atoms with Crippen LogP contribution in [0.3, 0.4) is 0 Å². The average molecular weight is 404 g/mol. The van der Waals surface area contributed by atoms with Gasteiger partial charge in [-0.1, -0.05) is 18.2 Å². The molecule has 1 heterocycles. The van der Waals surface area contributed by atoms with Crippen LogP contribution in [-0.4, -0.2) is 56.1 Å². The van der Waals surface area contributed by atoms with Crippen molar-refractivity contribution >= 4 is 11.8 Å². The minimum atomic E-state index is -0.0122. The summed E-state index contributed by atoms with van der Waals surface area (Å²) < 4.78 is 5.28. The summed E-state index contributed by atoms with van der Waals surface area (Å²) in [6, 6.07) is 6.30. The molecule has 2 amide bonds. The first-order chi connectivity index (χ1) is 13.9. The van der Waals surface area contributed by atoms with E-state index in [1.165, 1.54) is 11.1 Å². The van der Waals surface area contributed by atoms with Crippen LogP contribution < -0.4 is 10.6 Å². The summed E-state index contributed by atoms with van der Waals surface area (Å²) in [4.78, 5) is 26.8. The quantitative estimate of drug-likeness (QED) is 0.590. The molecule has 2 N–H and O–H groups in total. The van der Waals surface area contributed by atoms with Gasteiger partial charge in [-0.05, 0) is 76.7 Å². The summed E-state index contributed by atoms with van der Waals surface area (Å²) in [7, 11) is 0. The summed E-state index contributed by atoms with van der Waals surface area (Å²) in [5.74, 6) is 0.222. The van der Waals surface area contributed by atoms with Crippen LogP contribution in [0.25, 0.3) is 0 Å². The summed E-state index contributed by atoms with van der Waals surface area (Å²) in [6.07, 6.45) is 2.45. The molecule has 0 radical (unpaired) electrons. The second-order valence-electron chi connectivity index (χ2n) is 8.02. The Morgan fingerprint density at radius 3 is 2.59 bits per heavy atom. The second kappa shape index (κ2) is 11.9. The third kappa shape index (κ3) is 7.78. The SMILES string of the molecule is CCOCCCNC(=O)C1CCN(CC(=O)NC(C)c2ccc(C)c(C)c2)CC1. The van der Waals surface area contributed by atoms with E-state index >= 15 is 0 Å². The minimum Gasteiger partial charge on any atom is -0.382 e. The molecular weight excluding hydrogens is 366 g/mol. The predicted octanol–water partition coefficient (Wildman–Crippen LogP) is 2.74. The van der Waals surface area contributed by atoms with Crippen LogP contribution in [0.1, 0.15) is 55.8 Å². The number of carbonyl (C=O) groups excluding carboxylic acids is 2. The van der Waals surface area contributed by atoms with Crippen molar-refractivity contribution in [1.29, 1.82) is 0 Å². The number of aryl methyl sites for hydroxylation is 2. The number of amides is 2. The maximum Gasteiger partial charge on any atom is 0.234 e. The highest BCUT2D eigenvalue weighted by Gasteiger charge is 2.26. The number of nitrogens with one attached hydrogen (secondary N) is 2. The van der Waals surface area contributed by atoms with Crippen molar-refractivity contribution in [3.63, 3.8) is 0 Å². The van der Waals surface area contributed by atoms with E-state index in [2.05, 4.69) is 47.6 Å². The molecule has 1 aliphatic rings. The van der Waals surface area contributed by atoms with E-state index in [0.29, 0.717) is 26.3 Å². The van der Waals surface area contributed by atoms with Crippen molar-refractivity contribution in [2.45, 2.75) is 53.0 Å². The molecule has 0 aromatic heterocycles. The fourth-order valence-electron chi connectivity index (χ4n) is 3.64. The van der Waals surface area contributed by atoms with Gasteiger partial charge in [0.25, 0.3) is 0 Å². The number of hydrogen-bond donors (Lipinski definition) is 2. The normalized spacial score (nSPS) is 16.4. The Kier molecular flexibility index (Phi) is 9.61. The molecule has 0 spiro atoms. The van der Waals surface area contributed by atoms with Crippen LogP contribution in [0.2, 0.25) is 0 Å². The Hall–Kier alpha value is -1.92. The Morgan fingerprint density at radius 2 is 1.93 bits per heavy atom. The number of hydrogen-bond acceptors (Lipinski definition) is 4. The number of rotatable bonds is 10. The Morgan fingerprint density at radius 1 is 1.21 bits per heavy atom. The van der Waals surface area contributed by atoms with Crippen LogP contribution in [0.4, 0.5) is 0 Å². The van der Waals surface area contributed by atoms with E-state index < -0.39 is 0 Å². The summed E-state index contributed by atoms with van der Waals surface area (Å²) >= 11 is 0. The first kappa shape index (κ1) is 23.4. The lowest BCUT2D eigenvalue weighted by molar-refractivity contribution is -0.127. The molecule has 1 aromatic carbocycles. The third-order valence-electron chi connectivity index (χ3n) is 5.70. The standard InChI is InChI=1S/C23H37N3O3/c1-5-29-14-6-11-24-23(28)20-9-12-26(13-10-20)16-22(27)25-19(4)21-8-7-17(2)18(3)15-21/h7-8,15,19-20H,5-6,9-14,16H2,1-4H3,(H,24,28)(H,25,27).